The third kappa shape index (κ3) is 1.54. The Hall–Kier alpha value is -3.67. The first-order chi connectivity index (χ1) is 13.4. The number of fused-ring (bicyclic) bond motifs is 12. The largest absolute Gasteiger partial charge is 0.250 e. The summed E-state index contributed by atoms with van der Waals surface area (Å²) in [4.78, 5) is 14.9. The van der Waals surface area contributed by atoms with Crippen LogP contribution >= 0.6 is 0 Å². The van der Waals surface area contributed by atoms with E-state index in [0.717, 1.165) is 57.9 Å². The predicted octanol–water partition coefficient (Wildman–Crippen LogP) is 3.90. The first kappa shape index (κ1) is 13.5. The molecular formula is C21H14N6. The smallest absolute Gasteiger partial charge is 0.225 e. The van der Waals surface area contributed by atoms with Gasteiger partial charge in [0.1, 0.15) is 0 Å². The zero-order valence-electron chi connectivity index (χ0n) is 14.4. The van der Waals surface area contributed by atoms with Gasteiger partial charge in [0, 0.05) is 0 Å². The number of aromatic nitrogens is 6. The number of para-hydroxylation sites is 4. The fourth-order valence-corrected chi connectivity index (χ4v) is 4.33. The minimum atomic E-state index is 0.846. The Balaban J connectivity index is 1.90. The third-order valence-corrected chi connectivity index (χ3v) is 5.50. The van der Waals surface area contributed by atoms with Gasteiger partial charge in [-0.25, -0.2) is 23.8 Å². The van der Waals surface area contributed by atoms with Crippen molar-refractivity contribution in [3.05, 3.63) is 66.0 Å². The first-order valence-electron chi connectivity index (χ1n) is 9.14. The lowest BCUT2D eigenvalue weighted by Crippen LogP contribution is -2.06. The summed E-state index contributed by atoms with van der Waals surface area (Å²) >= 11 is 0. The highest BCUT2D eigenvalue weighted by molar-refractivity contribution is 5.87. The standard InChI is InChI=1S/C21H14N6/c1-4-10-16-13(7-1)22-19-25(16)20-23-15-9-3-6-12-18(15)27(20)21-24-14-8-2-5-11-17(14)26(19)21/h1-5,7-11H,6,12H2. The van der Waals surface area contributed by atoms with Gasteiger partial charge in [-0.2, -0.15) is 0 Å². The molecule has 0 fully saturated rings. The molecule has 128 valence electrons. The van der Waals surface area contributed by atoms with E-state index in [2.05, 4.69) is 43.6 Å². The first-order valence-corrected chi connectivity index (χ1v) is 9.14. The van der Waals surface area contributed by atoms with Crippen LogP contribution in [0.15, 0.2) is 54.6 Å². The SMILES string of the molecule is C1=Cc2nc3n(c2CC1)c1nc2ccccc2n1c1nc2ccccc2n31. The molecule has 27 heavy (non-hydrogen) atoms. The maximum absolute atomic E-state index is 4.97. The Kier molecular flexibility index (Phi) is 2.27. The van der Waals surface area contributed by atoms with Gasteiger partial charge in [-0.15, -0.1) is 0 Å². The number of benzene rings is 2. The summed E-state index contributed by atoms with van der Waals surface area (Å²) < 4.78 is 6.52. The van der Waals surface area contributed by atoms with Crippen LogP contribution in [-0.4, -0.2) is 28.2 Å². The molecule has 0 saturated heterocycles. The van der Waals surface area contributed by atoms with E-state index >= 15 is 0 Å². The van der Waals surface area contributed by atoms with Crippen molar-refractivity contribution in [2.45, 2.75) is 12.8 Å². The molecule has 4 aromatic heterocycles. The van der Waals surface area contributed by atoms with E-state index in [1.165, 1.54) is 5.69 Å². The van der Waals surface area contributed by atoms with Gasteiger partial charge in [0.05, 0.1) is 33.5 Å². The molecule has 6 aromatic rings. The molecule has 0 spiro atoms. The highest BCUT2D eigenvalue weighted by Gasteiger charge is 2.22. The van der Waals surface area contributed by atoms with E-state index in [1.54, 1.807) is 0 Å². The minimum absolute atomic E-state index is 0.846. The fourth-order valence-electron chi connectivity index (χ4n) is 4.33. The normalized spacial score (nSPS) is 14.2. The van der Waals surface area contributed by atoms with E-state index < -0.39 is 0 Å². The topological polar surface area (TPSA) is 51.9 Å². The van der Waals surface area contributed by atoms with Gasteiger partial charge in [0.15, 0.2) is 0 Å². The van der Waals surface area contributed by atoms with Crippen LogP contribution in [0.25, 0.3) is 45.5 Å². The Morgan fingerprint density at radius 2 is 1.26 bits per heavy atom. The average Bonchev–Trinajstić information content (AvgIpc) is 3.38. The van der Waals surface area contributed by atoms with Gasteiger partial charge >= 0.3 is 0 Å². The number of nitrogens with zero attached hydrogens (tertiary/aromatic N) is 6. The number of aryl methyl sites for hydroxylation is 1. The number of allylic oxidation sites excluding steroid dienone is 1. The van der Waals surface area contributed by atoms with Crippen LogP contribution in [0.1, 0.15) is 17.8 Å². The van der Waals surface area contributed by atoms with Crippen LogP contribution in [-0.2, 0) is 6.42 Å². The number of imidazole rings is 3. The molecule has 1 aliphatic rings. The molecule has 7 rings (SSSR count). The van der Waals surface area contributed by atoms with E-state index in [9.17, 15) is 0 Å². The zero-order valence-corrected chi connectivity index (χ0v) is 14.4. The minimum Gasteiger partial charge on any atom is -0.250 e. The Morgan fingerprint density at radius 1 is 0.667 bits per heavy atom. The van der Waals surface area contributed by atoms with Crippen molar-refractivity contribution in [1.29, 1.82) is 0 Å². The molecule has 0 aliphatic heterocycles. The van der Waals surface area contributed by atoms with Gasteiger partial charge in [0.2, 0.25) is 17.3 Å². The lowest BCUT2D eigenvalue weighted by Gasteiger charge is -2.08. The summed E-state index contributed by atoms with van der Waals surface area (Å²) in [7, 11) is 0. The molecule has 6 nitrogen and oxygen atoms in total. The average molecular weight is 350 g/mol. The van der Waals surface area contributed by atoms with Crippen molar-refractivity contribution >= 4 is 45.5 Å². The molecule has 0 unspecified atom stereocenters. The zero-order chi connectivity index (χ0) is 17.5. The van der Waals surface area contributed by atoms with Crippen molar-refractivity contribution in [3.8, 4) is 0 Å². The number of hydrogen-bond acceptors (Lipinski definition) is 3. The van der Waals surface area contributed by atoms with Crippen molar-refractivity contribution in [2.24, 2.45) is 0 Å². The lowest BCUT2D eigenvalue weighted by molar-refractivity contribution is 0.890. The quantitative estimate of drug-likeness (QED) is 0.417. The second-order valence-electron chi connectivity index (χ2n) is 6.99. The van der Waals surface area contributed by atoms with Gasteiger partial charge < -0.3 is 0 Å². The van der Waals surface area contributed by atoms with Crippen molar-refractivity contribution in [1.82, 2.24) is 28.2 Å². The van der Waals surface area contributed by atoms with Gasteiger partial charge in [-0.1, -0.05) is 30.3 Å². The summed E-state index contributed by atoms with van der Waals surface area (Å²) in [6.07, 6.45) is 6.30. The Labute approximate surface area is 153 Å². The van der Waals surface area contributed by atoms with Crippen LogP contribution in [0.4, 0.5) is 0 Å². The second-order valence-corrected chi connectivity index (χ2v) is 6.99. The molecule has 0 atom stereocenters. The van der Waals surface area contributed by atoms with Gasteiger partial charge in [-0.05, 0) is 43.2 Å². The molecule has 2 aromatic carbocycles. The predicted molar refractivity (Wildman–Crippen MR) is 105 cm³/mol. The molecule has 0 amide bonds. The fraction of sp³-hybridized carbons (Fsp3) is 0.0952. The van der Waals surface area contributed by atoms with Gasteiger partial charge in [0.25, 0.3) is 0 Å². The Bertz CT molecular complexity index is 1580. The number of hydrogen-bond donors (Lipinski definition) is 0. The van der Waals surface area contributed by atoms with Crippen LogP contribution in [0.2, 0.25) is 0 Å². The van der Waals surface area contributed by atoms with Crippen LogP contribution < -0.4 is 0 Å². The second kappa shape index (κ2) is 4.54. The highest BCUT2D eigenvalue weighted by atomic mass is 15.3. The molecule has 6 heteroatoms. The van der Waals surface area contributed by atoms with Crippen LogP contribution in [0.5, 0.6) is 0 Å². The molecule has 0 radical (unpaired) electrons. The maximum atomic E-state index is 4.97. The summed E-state index contributed by atoms with van der Waals surface area (Å²) in [6, 6.07) is 16.4. The molecule has 0 saturated carbocycles. The van der Waals surface area contributed by atoms with Crippen molar-refractivity contribution < 1.29 is 0 Å². The monoisotopic (exact) mass is 350 g/mol. The lowest BCUT2D eigenvalue weighted by atomic mass is 10.1. The summed E-state index contributed by atoms with van der Waals surface area (Å²) in [6.45, 7) is 0. The summed E-state index contributed by atoms with van der Waals surface area (Å²) in [5.74, 6) is 2.59. The summed E-state index contributed by atoms with van der Waals surface area (Å²) in [5, 5.41) is 0. The molecular weight excluding hydrogens is 336 g/mol. The van der Waals surface area contributed by atoms with E-state index in [4.69, 9.17) is 15.0 Å². The van der Waals surface area contributed by atoms with Gasteiger partial charge in [-0.3, -0.25) is 4.40 Å². The highest BCUT2D eigenvalue weighted by Crippen LogP contribution is 2.29. The van der Waals surface area contributed by atoms with Crippen molar-refractivity contribution in [2.75, 3.05) is 0 Å². The molecule has 1 aliphatic carbocycles. The summed E-state index contributed by atoms with van der Waals surface area (Å²) in [5.41, 5.74) is 6.29. The van der Waals surface area contributed by atoms with E-state index in [0.29, 0.717) is 0 Å². The van der Waals surface area contributed by atoms with Crippen LogP contribution in [0, 0.1) is 0 Å². The molecule has 0 bridgehead atoms. The number of rotatable bonds is 0. The molecule has 4 heterocycles. The Morgan fingerprint density at radius 3 is 1.96 bits per heavy atom. The van der Waals surface area contributed by atoms with E-state index in [1.807, 2.05) is 30.3 Å². The van der Waals surface area contributed by atoms with E-state index in [-0.39, 0.29) is 0 Å². The van der Waals surface area contributed by atoms with Crippen LogP contribution in [0.3, 0.4) is 0 Å². The van der Waals surface area contributed by atoms with Crippen molar-refractivity contribution in [3.63, 3.8) is 0 Å². The third-order valence-electron chi connectivity index (χ3n) is 5.50. The molecule has 0 N–H and O–H groups in total. The maximum Gasteiger partial charge on any atom is 0.225 e.